The van der Waals surface area contributed by atoms with Crippen LogP contribution in [-0.2, 0) is 0 Å². The maximum Gasteiger partial charge on any atom is 0.253 e. The van der Waals surface area contributed by atoms with Crippen molar-refractivity contribution in [2.45, 2.75) is 26.8 Å². The van der Waals surface area contributed by atoms with E-state index in [0.29, 0.717) is 5.56 Å². The molecule has 0 saturated carbocycles. The summed E-state index contributed by atoms with van der Waals surface area (Å²) in [6.07, 6.45) is 0. The van der Waals surface area contributed by atoms with Crippen molar-refractivity contribution in [2.24, 2.45) is 5.92 Å². The number of halogens is 1. The molecule has 1 rings (SSSR count). The average Bonchev–Trinajstić information content (AvgIpc) is 2.28. The zero-order valence-corrected chi connectivity index (χ0v) is 11.7. The number of amides is 1. The molecule has 1 unspecified atom stereocenters. The zero-order chi connectivity index (χ0) is 13.0. The molecule has 0 aliphatic carbocycles. The van der Waals surface area contributed by atoms with Gasteiger partial charge >= 0.3 is 0 Å². The van der Waals surface area contributed by atoms with Gasteiger partial charge in [-0.1, -0.05) is 26.0 Å². The number of carbonyl (C=O) groups excluding carboxylic acids is 1. The molecule has 0 saturated heterocycles. The average molecular weight is 295 g/mol. The standard InChI is InChI=1S/C13H15BrN2O/c1-8(2)11(7-15)16-13(17)10-6-4-5-9(3)12(10)14/h4-6,8,11H,1-3H3,(H,16,17). The highest BCUT2D eigenvalue weighted by Crippen LogP contribution is 2.21. The van der Waals surface area contributed by atoms with Gasteiger partial charge in [-0.15, -0.1) is 0 Å². The van der Waals surface area contributed by atoms with Crippen molar-refractivity contribution in [3.05, 3.63) is 33.8 Å². The van der Waals surface area contributed by atoms with Crippen molar-refractivity contribution < 1.29 is 4.79 Å². The third kappa shape index (κ3) is 3.31. The monoisotopic (exact) mass is 294 g/mol. The predicted molar refractivity (Wildman–Crippen MR) is 70.6 cm³/mol. The fourth-order valence-corrected chi connectivity index (χ4v) is 1.83. The number of rotatable bonds is 3. The Bertz CT molecular complexity index is 463. The van der Waals surface area contributed by atoms with Crippen molar-refractivity contribution in [2.75, 3.05) is 0 Å². The van der Waals surface area contributed by atoms with E-state index in [2.05, 4.69) is 27.3 Å². The normalized spacial score (nSPS) is 12.0. The third-order valence-electron chi connectivity index (χ3n) is 2.53. The molecule has 4 heteroatoms. The van der Waals surface area contributed by atoms with Crippen molar-refractivity contribution >= 4 is 21.8 Å². The summed E-state index contributed by atoms with van der Waals surface area (Å²) in [5.41, 5.74) is 1.56. The van der Waals surface area contributed by atoms with Crippen LogP contribution < -0.4 is 5.32 Å². The zero-order valence-electron chi connectivity index (χ0n) is 10.1. The van der Waals surface area contributed by atoms with Gasteiger partial charge in [0.2, 0.25) is 0 Å². The Labute approximate surface area is 110 Å². The summed E-state index contributed by atoms with van der Waals surface area (Å²) in [5.74, 6) is -0.131. The molecule has 0 spiro atoms. The molecule has 90 valence electrons. The minimum Gasteiger partial charge on any atom is -0.336 e. The molecular formula is C13H15BrN2O. The van der Waals surface area contributed by atoms with Gasteiger partial charge in [0.1, 0.15) is 6.04 Å². The number of nitriles is 1. The predicted octanol–water partition coefficient (Wildman–Crippen LogP) is 3.04. The molecule has 17 heavy (non-hydrogen) atoms. The van der Waals surface area contributed by atoms with Gasteiger partial charge in [-0.2, -0.15) is 5.26 Å². The van der Waals surface area contributed by atoms with Crippen LogP contribution in [0, 0.1) is 24.2 Å². The minimum absolute atomic E-state index is 0.0903. The Hall–Kier alpha value is -1.34. The van der Waals surface area contributed by atoms with Crippen molar-refractivity contribution in [3.8, 4) is 6.07 Å². The summed E-state index contributed by atoms with van der Waals surface area (Å²) in [4.78, 5) is 12.0. The summed E-state index contributed by atoms with van der Waals surface area (Å²) >= 11 is 3.39. The van der Waals surface area contributed by atoms with Gasteiger partial charge in [-0.25, -0.2) is 0 Å². The Morgan fingerprint density at radius 1 is 1.47 bits per heavy atom. The lowest BCUT2D eigenvalue weighted by Crippen LogP contribution is -2.37. The highest BCUT2D eigenvalue weighted by molar-refractivity contribution is 9.10. The van der Waals surface area contributed by atoms with Crippen molar-refractivity contribution in [1.82, 2.24) is 5.32 Å². The fraction of sp³-hybridized carbons (Fsp3) is 0.385. The summed E-state index contributed by atoms with van der Waals surface area (Å²) in [6.45, 7) is 5.73. The summed E-state index contributed by atoms with van der Waals surface area (Å²) < 4.78 is 0.776. The Morgan fingerprint density at radius 3 is 2.65 bits per heavy atom. The molecule has 0 fully saturated rings. The molecule has 1 aromatic rings. The van der Waals surface area contributed by atoms with Crippen molar-refractivity contribution in [3.63, 3.8) is 0 Å². The topological polar surface area (TPSA) is 52.9 Å². The first-order valence-electron chi connectivity index (χ1n) is 5.43. The molecule has 0 radical (unpaired) electrons. The molecule has 0 aliphatic rings. The smallest absolute Gasteiger partial charge is 0.253 e. The van der Waals surface area contributed by atoms with E-state index < -0.39 is 6.04 Å². The van der Waals surface area contributed by atoms with Crippen LogP contribution in [0.25, 0.3) is 0 Å². The van der Waals surface area contributed by atoms with E-state index in [4.69, 9.17) is 5.26 Å². The fourth-order valence-electron chi connectivity index (χ4n) is 1.39. The molecule has 1 N–H and O–H groups in total. The Balaban J connectivity index is 2.91. The van der Waals surface area contributed by atoms with Gasteiger partial charge in [0.15, 0.2) is 0 Å². The van der Waals surface area contributed by atoms with Crippen LogP contribution in [-0.4, -0.2) is 11.9 Å². The van der Waals surface area contributed by atoms with E-state index in [1.807, 2.05) is 32.9 Å². The first-order chi connectivity index (χ1) is 7.97. The highest BCUT2D eigenvalue weighted by atomic mass is 79.9. The van der Waals surface area contributed by atoms with Gasteiger partial charge in [0.25, 0.3) is 5.91 Å². The first-order valence-corrected chi connectivity index (χ1v) is 6.22. The number of hydrogen-bond donors (Lipinski definition) is 1. The maximum absolute atomic E-state index is 12.0. The number of hydrogen-bond acceptors (Lipinski definition) is 2. The summed E-state index contributed by atoms with van der Waals surface area (Å²) in [7, 11) is 0. The molecule has 0 heterocycles. The number of carbonyl (C=O) groups is 1. The first kappa shape index (κ1) is 13.7. The van der Waals surface area contributed by atoms with Crippen LogP contribution in [0.2, 0.25) is 0 Å². The van der Waals surface area contributed by atoms with E-state index in [9.17, 15) is 4.79 Å². The van der Waals surface area contributed by atoms with E-state index in [-0.39, 0.29) is 11.8 Å². The maximum atomic E-state index is 12.0. The quantitative estimate of drug-likeness (QED) is 0.931. The number of nitrogens with zero attached hydrogens (tertiary/aromatic N) is 1. The minimum atomic E-state index is -0.463. The number of nitrogens with one attached hydrogen (secondary N) is 1. The van der Waals surface area contributed by atoms with E-state index in [1.165, 1.54) is 0 Å². The lowest BCUT2D eigenvalue weighted by molar-refractivity contribution is 0.0936. The van der Waals surface area contributed by atoms with Crippen LogP contribution in [0.1, 0.15) is 29.8 Å². The third-order valence-corrected chi connectivity index (χ3v) is 3.58. The second-order valence-corrected chi connectivity index (χ2v) is 5.05. The molecule has 0 bridgehead atoms. The van der Waals surface area contributed by atoms with E-state index in [0.717, 1.165) is 10.0 Å². The molecule has 0 aromatic heterocycles. The Morgan fingerprint density at radius 2 is 2.12 bits per heavy atom. The molecule has 1 atom stereocenters. The van der Waals surface area contributed by atoms with E-state index >= 15 is 0 Å². The van der Waals surface area contributed by atoms with Crippen molar-refractivity contribution in [1.29, 1.82) is 5.26 Å². The molecule has 1 amide bonds. The second kappa shape index (κ2) is 5.83. The van der Waals surface area contributed by atoms with Crippen LogP contribution in [0.3, 0.4) is 0 Å². The molecule has 0 aliphatic heterocycles. The highest BCUT2D eigenvalue weighted by Gasteiger charge is 2.18. The number of aryl methyl sites for hydroxylation is 1. The summed E-state index contributed by atoms with van der Waals surface area (Å²) in [6, 6.07) is 7.11. The number of benzene rings is 1. The van der Waals surface area contributed by atoms with Crippen LogP contribution in [0.4, 0.5) is 0 Å². The van der Waals surface area contributed by atoms with Gasteiger partial charge < -0.3 is 5.32 Å². The Kier molecular flexibility index (Phi) is 4.71. The SMILES string of the molecule is Cc1cccc(C(=O)NC(C#N)C(C)C)c1Br. The van der Waals surface area contributed by atoms with Crippen LogP contribution in [0.5, 0.6) is 0 Å². The van der Waals surface area contributed by atoms with Crippen LogP contribution >= 0.6 is 15.9 Å². The van der Waals surface area contributed by atoms with E-state index in [1.54, 1.807) is 6.07 Å². The summed E-state index contributed by atoms with van der Waals surface area (Å²) in [5, 5.41) is 11.7. The lowest BCUT2D eigenvalue weighted by atomic mass is 10.0. The van der Waals surface area contributed by atoms with Gasteiger partial charge in [0, 0.05) is 4.47 Å². The lowest BCUT2D eigenvalue weighted by Gasteiger charge is -2.15. The largest absolute Gasteiger partial charge is 0.336 e. The van der Waals surface area contributed by atoms with Gasteiger partial charge in [0.05, 0.1) is 11.6 Å². The van der Waals surface area contributed by atoms with Gasteiger partial charge in [-0.05, 0) is 40.4 Å². The molecule has 1 aromatic carbocycles. The van der Waals surface area contributed by atoms with Crippen LogP contribution in [0.15, 0.2) is 22.7 Å². The van der Waals surface area contributed by atoms with Gasteiger partial charge in [-0.3, -0.25) is 4.79 Å². The molecular weight excluding hydrogens is 280 g/mol. The second-order valence-electron chi connectivity index (χ2n) is 4.26. The molecule has 3 nitrogen and oxygen atoms in total.